The highest BCUT2D eigenvalue weighted by atomic mass is 32.2. The minimum Gasteiger partial charge on any atom is -0.306 e. The van der Waals surface area contributed by atoms with Gasteiger partial charge in [0.05, 0.1) is 5.75 Å². The summed E-state index contributed by atoms with van der Waals surface area (Å²) in [5.74, 6) is 0.409. The molecule has 0 fully saturated rings. The Morgan fingerprint density at radius 3 is 2.21 bits per heavy atom. The predicted molar refractivity (Wildman–Crippen MR) is 81.1 cm³/mol. The van der Waals surface area contributed by atoms with Gasteiger partial charge in [0, 0.05) is 17.8 Å². The summed E-state index contributed by atoms with van der Waals surface area (Å²) in [5.41, 5.74) is 2.45. The number of hydrogen-bond acceptors (Lipinski definition) is 3. The molecule has 2 unspecified atom stereocenters. The van der Waals surface area contributed by atoms with Gasteiger partial charge in [-0.3, -0.25) is 0 Å². The first-order chi connectivity index (χ1) is 8.88. The van der Waals surface area contributed by atoms with Gasteiger partial charge in [0.2, 0.25) is 0 Å². The second-order valence-electron chi connectivity index (χ2n) is 5.14. The number of rotatable bonds is 7. The van der Waals surface area contributed by atoms with Crippen LogP contribution in [0.5, 0.6) is 0 Å². The summed E-state index contributed by atoms with van der Waals surface area (Å²) in [6.45, 7) is 7.80. The maximum Gasteiger partial charge on any atom is 0.151 e. The van der Waals surface area contributed by atoms with Gasteiger partial charge in [0.15, 0.2) is 9.84 Å². The molecule has 0 aliphatic heterocycles. The van der Waals surface area contributed by atoms with Crippen molar-refractivity contribution in [1.29, 1.82) is 0 Å². The molecule has 0 spiro atoms. The highest BCUT2D eigenvalue weighted by Gasteiger charge is 2.17. The molecule has 4 heteroatoms. The Hall–Kier alpha value is -0.870. The molecule has 0 bridgehead atoms. The molecule has 0 saturated heterocycles. The molecule has 1 aromatic carbocycles. The second-order valence-corrected chi connectivity index (χ2v) is 7.54. The van der Waals surface area contributed by atoms with Crippen LogP contribution in [0, 0.1) is 6.92 Å². The minimum atomic E-state index is -2.92. The van der Waals surface area contributed by atoms with E-state index in [9.17, 15) is 8.42 Å². The topological polar surface area (TPSA) is 46.2 Å². The molecule has 0 amide bonds. The summed E-state index contributed by atoms with van der Waals surface area (Å²) in [6, 6.07) is 8.58. The first-order valence-corrected chi connectivity index (χ1v) is 8.73. The van der Waals surface area contributed by atoms with Crippen LogP contribution in [0.25, 0.3) is 0 Å². The normalized spacial score (nSPS) is 15.2. The van der Waals surface area contributed by atoms with Gasteiger partial charge in [-0.15, -0.1) is 0 Å². The lowest BCUT2D eigenvalue weighted by atomic mass is 10.0. The fraction of sp³-hybridized carbons (Fsp3) is 0.600. The van der Waals surface area contributed by atoms with Gasteiger partial charge in [-0.1, -0.05) is 43.7 Å². The lowest BCUT2D eigenvalue weighted by Gasteiger charge is -2.22. The highest BCUT2D eigenvalue weighted by molar-refractivity contribution is 7.91. The predicted octanol–water partition coefficient (Wildman–Crippen LogP) is 2.86. The van der Waals surface area contributed by atoms with Crippen LogP contribution < -0.4 is 5.32 Å². The molecule has 1 aromatic rings. The quantitative estimate of drug-likeness (QED) is 0.837. The third-order valence-electron chi connectivity index (χ3n) is 3.32. The molecule has 19 heavy (non-hydrogen) atoms. The van der Waals surface area contributed by atoms with Crippen LogP contribution in [0.15, 0.2) is 24.3 Å². The van der Waals surface area contributed by atoms with Crippen LogP contribution in [-0.2, 0) is 9.84 Å². The van der Waals surface area contributed by atoms with E-state index in [-0.39, 0.29) is 23.6 Å². The molecule has 1 N–H and O–H groups in total. The van der Waals surface area contributed by atoms with Crippen LogP contribution in [0.1, 0.15) is 44.4 Å². The van der Waals surface area contributed by atoms with Crippen molar-refractivity contribution in [3.05, 3.63) is 35.4 Å². The van der Waals surface area contributed by atoms with Gasteiger partial charge >= 0.3 is 0 Å². The van der Waals surface area contributed by atoms with E-state index in [1.54, 1.807) is 6.92 Å². The fourth-order valence-electron chi connectivity index (χ4n) is 2.14. The van der Waals surface area contributed by atoms with Crippen molar-refractivity contribution in [2.45, 2.75) is 46.2 Å². The monoisotopic (exact) mass is 283 g/mol. The molecule has 1 rings (SSSR count). The SMILES string of the molecule is CCC(NC(C)CS(=O)(=O)CC)c1ccc(C)cc1. The highest BCUT2D eigenvalue weighted by Crippen LogP contribution is 2.18. The van der Waals surface area contributed by atoms with Gasteiger partial charge < -0.3 is 5.32 Å². The zero-order valence-electron chi connectivity index (χ0n) is 12.3. The molecule has 0 aliphatic rings. The lowest BCUT2D eigenvalue weighted by Crippen LogP contribution is -2.36. The van der Waals surface area contributed by atoms with Gasteiger partial charge in [0.25, 0.3) is 0 Å². The van der Waals surface area contributed by atoms with Crippen molar-refractivity contribution in [2.24, 2.45) is 0 Å². The number of aryl methyl sites for hydroxylation is 1. The van der Waals surface area contributed by atoms with Crippen molar-refractivity contribution >= 4 is 9.84 Å². The van der Waals surface area contributed by atoms with Crippen LogP contribution in [0.3, 0.4) is 0 Å². The minimum absolute atomic E-state index is 0.0313. The summed E-state index contributed by atoms with van der Waals surface area (Å²) in [5, 5.41) is 3.41. The van der Waals surface area contributed by atoms with Crippen molar-refractivity contribution in [1.82, 2.24) is 5.32 Å². The molecule has 0 heterocycles. The summed E-state index contributed by atoms with van der Waals surface area (Å²) < 4.78 is 23.2. The van der Waals surface area contributed by atoms with Crippen LogP contribution in [-0.4, -0.2) is 26.0 Å². The van der Waals surface area contributed by atoms with E-state index >= 15 is 0 Å². The first-order valence-electron chi connectivity index (χ1n) is 6.91. The van der Waals surface area contributed by atoms with E-state index in [1.807, 2.05) is 6.92 Å². The second kappa shape index (κ2) is 7.06. The first kappa shape index (κ1) is 16.2. The average molecular weight is 283 g/mol. The summed E-state index contributed by atoms with van der Waals surface area (Å²) in [6.07, 6.45) is 0.944. The Morgan fingerprint density at radius 1 is 1.16 bits per heavy atom. The number of sulfone groups is 1. The number of hydrogen-bond donors (Lipinski definition) is 1. The van der Waals surface area contributed by atoms with Crippen molar-refractivity contribution < 1.29 is 8.42 Å². The van der Waals surface area contributed by atoms with Gasteiger partial charge in [0.1, 0.15) is 0 Å². The Kier molecular flexibility index (Phi) is 6.01. The van der Waals surface area contributed by atoms with E-state index in [4.69, 9.17) is 0 Å². The van der Waals surface area contributed by atoms with E-state index in [0.29, 0.717) is 0 Å². The molecule has 0 aromatic heterocycles. The molecule has 0 aliphatic carbocycles. The van der Waals surface area contributed by atoms with Crippen molar-refractivity contribution in [2.75, 3.05) is 11.5 Å². The Labute approximate surface area is 117 Å². The molecule has 108 valence electrons. The molecule has 0 saturated carbocycles. The smallest absolute Gasteiger partial charge is 0.151 e. The largest absolute Gasteiger partial charge is 0.306 e. The van der Waals surface area contributed by atoms with Gasteiger partial charge in [-0.05, 0) is 25.8 Å². The maximum atomic E-state index is 11.6. The van der Waals surface area contributed by atoms with E-state index in [2.05, 4.69) is 43.4 Å². The zero-order chi connectivity index (χ0) is 14.5. The zero-order valence-corrected chi connectivity index (χ0v) is 13.1. The molecular formula is C15H25NO2S. The third-order valence-corrected chi connectivity index (χ3v) is 5.20. The summed E-state index contributed by atoms with van der Waals surface area (Å²) in [7, 11) is -2.92. The van der Waals surface area contributed by atoms with Crippen molar-refractivity contribution in [3.8, 4) is 0 Å². The molecule has 0 radical (unpaired) electrons. The Balaban J connectivity index is 2.69. The standard InChI is InChI=1S/C15H25NO2S/c1-5-15(14-9-7-12(3)8-10-14)16-13(4)11-19(17,18)6-2/h7-10,13,15-16H,5-6,11H2,1-4H3. The average Bonchev–Trinajstić information content (AvgIpc) is 2.36. The van der Waals surface area contributed by atoms with Crippen LogP contribution in [0.4, 0.5) is 0 Å². The molecular weight excluding hydrogens is 258 g/mol. The number of nitrogens with one attached hydrogen (secondary N) is 1. The van der Waals surface area contributed by atoms with Gasteiger partial charge in [-0.2, -0.15) is 0 Å². The molecule has 2 atom stereocenters. The number of benzene rings is 1. The Bertz CT molecular complexity index is 479. The van der Waals surface area contributed by atoms with Crippen molar-refractivity contribution in [3.63, 3.8) is 0 Å². The van der Waals surface area contributed by atoms with Gasteiger partial charge in [-0.25, -0.2) is 8.42 Å². The van der Waals surface area contributed by atoms with Crippen LogP contribution in [0.2, 0.25) is 0 Å². The third kappa shape index (κ3) is 5.33. The lowest BCUT2D eigenvalue weighted by molar-refractivity contribution is 0.463. The van der Waals surface area contributed by atoms with Crippen LogP contribution >= 0.6 is 0 Å². The summed E-state index contributed by atoms with van der Waals surface area (Å²) >= 11 is 0. The van der Waals surface area contributed by atoms with E-state index < -0.39 is 9.84 Å². The fourth-order valence-corrected chi connectivity index (χ4v) is 3.23. The maximum absolute atomic E-state index is 11.6. The Morgan fingerprint density at radius 2 is 1.74 bits per heavy atom. The van der Waals surface area contributed by atoms with E-state index in [0.717, 1.165) is 6.42 Å². The van der Waals surface area contributed by atoms with E-state index in [1.165, 1.54) is 11.1 Å². The molecule has 3 nitrogen and oxygen atoms in total. The summed E-state index contributed by atoms with van der Waals surface area (Å²) in [4.78, 5) is 0.